The number of pyridine rings is 1. The van der Waals surface area contributed by atoms with Crippen molar-refractivity contribution in [3.63, 3.8) is 0 Å². The number of piperidine rings is 1. The maximum atomic E-state index is 14.1. The van der Waals surface area contributed by atoms with Crippen LogP contribution in [0.1, 0.15) is 20.3 Å². The van der Waals surface area contributed by atoms with Crippen molar-refractivity contribution in [2.75, 3.05) is 13.1 Å². The van der Waals surface area contributed by atoms with Crippen molar-refractivity contribution in [1.82, 2.24) is 9.29 Å². The van der Waals surface area contributed by atoms with Gasteiger partial charge in [-0.2, -0.15) is 4.31 Å². The van der Waals surface area contributed by atoms with E-state index in [1.807, 2.05) is 13.8 Å². The third-order valence-corrected chi connectivity index (χ3v) is 5.43. The molecule has 0 aromatic carbocycles. The fraction of sp³-hybridized carbons (Fsp3) is 0.615. The fourth-order valence-corrected chi connectivity index (χ4v) is 3.89. The number of halogens is 1. The Labute approximate surface area is 113 Å². The largest absolute Gasteiger partial charge is 0.260 e. The lowest BCUT2D eigenvalue weighted by atomic mass is 9.86. The Morgan fingerprint density at radius 2 is 2.16 bits per heavy atom. The monoisotopic (exact) mass is 286 g/mol. The highest BCUT2D eigenvalue weighted by atomic mass is 32.2. The van der Waals surface area contributed by atoms with Crippen molar-refractivity contribution in [2.45, 2.75) is 31.5 Å². The molecule has 1 fully saturated rings. The van der Waals surface area contributed by atoms with Crippen LogP contribution in [0.5, 0.6) is 0 Å². The maximum Gasteiger partial charge on any atom is 0.260 e. The van der Waals surface area contributed by atoms with Crippen molar-refractivity contribution in [1.29, 1.82) is 0 Å². The highest BCUT2D eigenvalue weighted by molar-refractivity contribution is 7.89. The zero-order chi connectivity index (χ0) is 14.0. The second-order valence-electron chi connectivity index (χ2n) is 5.24. The lowest BCUT2D eigenvalue weighted by Crippen LogP contribution is -2.46. The van der Waals surface area contributed by atoms with Crippen molar-refractivity contribution >= 4 is 10.0 Å². The quantitative estimate of drug-likeness (QED) is 0.855. The van der Waals surface area contributed by atoms with Gasteiger partial charge in [0.25, 0.3) is 10.0 Å². The van der Waals surface area contributed by atoms with E-state index in [1.165, 1.54) is 16.6 Å². The summed E-state index contributed by atoms with van der Waals surface area (Å²) < 4.78 is 39.9. The number of alkyl halides is 1. The SMILES string of the molecule is CC(C)[C@H]1CCN(S(=O)(=O)c2ccccn2)C[C@@H]1F. The summed E-state index contributed by atoms with van der Waals surface area (Å²) in [5.41, 5.74) is 0. The average Bonchev–Trinajstić information content (AvgIpc) is 2.39. The summed E-state index contributed by atoms with van der Waals surface area (Å²) in [4.78, 5) is 3.85. The molecule has 19 heavy (non-hydrogen) atoms. The standard InChI is InChI=1S/C13H19FN2O2S/c1-10(2)11-6-8-16(9-12(11)14)19(17,18)13-5-3-4-7-15-13/h3-5,7,10-12H,6,8-9H2,1-2H3/t11-,12+/m1/s1. The summed E-state index contributed by atoms with van der Waals surface area (Å²) in [6.07, 6.45) is 0.887. The van der Waals surface area contributed by atoms with Crippen LogP contribution in [0.4, 0.5) is 4.39 Å². The van der Waals surface area contributed by atoms with Gasteiger partial charge in [-0.3, -0.25) is 0 Å². The van der Waals surface area contributed by atoms with E-state index in [4.69, 9.17) is 0 Å². The summed E-state index contributed by atoms with van der Waals surface area (Å²) in [6, 6.07) is 4.72. The van der Waals surface area contributed by atoms with E-state index in [0.29, 0.717) is 13.0 Å². The van der Waals surface area contributed by atoms with Crippen LogP contribution in [0.2, 0.25) is 0 Å². The van der Waals surface area contributed by atoms with Crippen LogP contribution in [0.15, 0.2) is 29.4 Å². The van der Waals surface area contributed by atoms with E-state index in [1.54, 1.807) is 12.1 Å². The number of rotatable bonds is 3. The first-order chi connectivity index (χ1) is 8.93. The molecule has 0 N–H and O–H groups in total. The lowest BCUT2D eigenvalue weighted by molar-refractivity contribution is 0.101. The number of hydrogen-bond donors (Lipinski definition) is 0. The van der Waals surface area contributed by atoms with Crippen molar-refractivity contribution in [3.05, 3.63) is 24.4 Å². The molecule has 6 heteroatoms. The second-order valence-corrected chi connectivity index (χ2v) is 7.13. The minimum Gasteiger partial charge on any atom is -0.246 e. The van der Waals surface area contributed by atoms with Gasteiger partial charge in [0.2, 0.25) is 0 Å². The molecule has 1 aromatic heterocycles. The molecular formula is C13H19FN2O2S. The second kappa shape index (κ2) is 5.54. The molecule has 1 saturated heterocycles. The van der Waals surface area contributed by atoms with Crippen molar-refractivity contribution < 1.29 is 12.8 Å². The van der Waals surface area contributed by atoms with Gasteiger partial charge >= 0.3 is 0 Å². The normalized spacial score (nSPS) is 25.7. The molecule has 0 aliphatic carbocycles. The molecule has 0 spiro atoms. The third-order valence-electron chi connectivity index (χ3n) is 3.65. The summed E-state index contributed by atoms with van der Waals surface area (Å²) in [5.74, 6) is 0.171. The summed E-state index contributed by atoms with van der Waals surface area (Å²) in [7, 11) is -3.66. The number of sulfonamides is 1. The van der Waals surface area contributed by atoms with E-state index in [9.17, 15) is 12.8 Å². The maximum absolute atomic E-state index is 14.1. The molecule has 0 saturated carbocycles. The lowest BCUT2D eigenvalue weighted by Gasteiger charge is -2.35. The molecule has 1 aliphatic heterocycles. The Bertz CT molecular complexity index is 519. The molecule has 2 atom stereocenters. The van der Waals surface area contributed by atoms with Crippen molar-refractivity contribution in [3.8, 4) is 0 Å². The molecule has 2 rings (SSSR count). The minimum absolute atomic E-state index is 0.00908. The smallest absolute Gasteiger partial charge is 0.246 e. The highest BCUT2D eigenvalue weighted by Crippen LogP contribution is 2.29. The van der Waals surface area contributed by atoms with Crippen LogP contribution >= 0.6 is 0 Å². The van der Waals surface area contributed by atoms with Gasteiger partial charge in [0.1, 0.15) is 6.17 Å². The molecule has 0 bridgehead atoms. The van der Waals surface area contributed by atoms with Crippen LogP contribution in [0, 0.1) is 11.8 Å². The first-order valence-corrected chi connectivity index (χ1v) is 7.92. The van der Waals surface area contributed by atoms with Crippen LogP contribution in [0.3, 0.4) is 0 Å². The van der Waals surface area contributed by atoms with E-state index >= 15 is 0 Å². The topological polar surface area (TPSA) is 50.3 Å². The predicted molar refractivity (Wildman–Crippen MR) is 70.8 cm³/mol. The van der Waals surface area contributed by atoms with Crippen LogP contribution in [-0.4, -0.2) is 37.0 Å². The Morgan fingerprint density at radius 1 is 1.42 bits per heavy atom. The van der Waals surface area contributed by atoms with Gasteiger partial charge in [-0.15, -0.1) is 0 Å². The Balaban J connectivity index is 2.17. The van der Waals surface area contributed by atoms with Crippen LogP contribution in [0.25, 0.3) is 0 Å². The molecule has 0 radical (unpaired) electrons. The number of nitrogens with zero attached hydrogens (tertiary/aromatic N) is 2. The molecule has 106 valence electrons. The molecule has 4 nitrogen and oxygen atoms in total. The highest BCUT2D eigenvalue weighted by Gasteiger charge is 2.37. The summed E-state index contributed by atoms with van der Waals surface area (Å²) >= 11 is 0. The van der Waals surface area contributed by atoms with E-state index in [0.717, 1.165) is 0 Å². The molecule has 1 aromatic rings. The molecule has 1 aliphatic rings. The third kappa shape index (κ3) is 2.95. The van der Waals surface area contributed by atoms with Crippen molar-refractivity contribution in [2.24, 2.45) is 11.8 Å². The van der Waals surface area contributed by atoms with E-state index in [-0.39, 0.29) is 23.4 Å². The molecular weight excluding hydrogens is 267 g/mol. The van der Waals surface area contributed by atoms with Gasteiger partial charge in [-0.25, -0.2) is 17.8 Å². The Kier molecular flexibility index (Phi) is 4.20. The van der Waals surface area contributed by atoms with Gasteiger partial charge < -0.3 is 0 Å². The van der Waals surface area contributed by atoms with Gasteiger partial charge in [0.05, 0.1) is 0 Å². The van der Waals surface area contributed by atoms with E-state index in [2.05, 4.69) is 4.98 Å². The molecule has 0 unspecified atom stereocenters. The average molecular weight is 286 g/mol. The zero-order valence-electron chi connectivity index (χ0n) is 11.2. The minimum atomic E-state index is -3.66. The zero-order valence-corrected chi connectivity index (χ0v) is 12.0. The number of hydrogen-bond acceptors (Lipinski definition) is 3. The summed E-state index contributed by atoms with van der Waals surface area (Å²) in [6.45, 7) is 4.24. The summed E-state index contributed by atoms with van der Waals surface area (Å²) in [5, 5.41) is -0.00908. The first kappa shape index (κ1) is 14.4. The van der Waals surface area contributed by atoms with Gasteiger partial charge in [-0.05, 0) is 30.4 Å². The van der Waals surface area contributed by atoms with Gasteiger partial charge in [0.15, 0.2) is 5.03 Å². The Morgan fingerprint density at radius 3 is 2.68 bits per heavy atom. The van der Waals surface area contributed by atoms with Gasteiger partial charge in [-0.1, -0.05) is 19.9 Å². The number of aromatic nitrogens is 1. The Hall–Kier alpha value is -1.01. The first-order valence-electron chi connectivity index (χ1n) is 6.48. The van der Waals surface area contributed by atoms with Crippen LogP contribution in [-0.2, 0) is 10.0 Å². The molecule has 2 heterocycles. The fourth-order valence-electron chi connectivity index (χ4n) is 2.50. The van der Waals surface area contributed by atoms with E-state index < -0.39 is 16.2 Å². The predicted octanol–water partition coefficient (Wildman–Crippen LogP) is 2.09. The molecule has 0 amide bonds. The van der Waals surface area contributed by atoms with Crippen LogP contribution < -0.4 is 0 Å². The van der Waals surface area contributed by atoms with Gasteiger partial charge in [0, 0.05) is 19.3 Å².